The summed E-state index contributed by atoms with van der Waals surface area (Å²) in [5.41, 5.74) is 9.94. The Balaban J connectivity index is 1.64. The van der Waals surface area contributed by atoms with E-state index in [1.165, 1.54) is 24.0 Å². The Morgan fingerprint density at radius 3 is 2.33 bits per heavy atom. The second kappa shape index (κ2) is 5.02. The Labute approximate surface area is 125 Å². The largest absolute Gasteiger partial charge is 0.368 e. The van der Waals surface area contributed by atoms with Crippen LogP contribution in [0.5, 0.6) is 0 Å². The molecule has 1 fully saturated rings. The maximum Gasteiger partial charge on any atom is 0.222 e. The summed E-state index contributed by atoms with van der Waals surface area (Å²) in [7, 11) is 0. The monoisotopic (exact) mass is 280 g/mol. The maximum atomic E-state index is 5.95. The van der Waals surface area contributed by atoms with E-state index in [1.54, 1.807) is 0 Å². The summed E-state index contributed by atoms with van der Waals surface area (Å²) in [6, 6.07) is 10.8. The zero-order chi connectivity index (χ0) is 14.2. The van der Waals surface area contributed by atoms with E-state index in [1.807, 2.05) is 0 Å². The number of hydrogen-bond donors (Lipinski definition) is 1. The lowest BCUT2D eigenvalue weighted by atomic mass is 10.0. The lowest BCUT2D eigenvalue weighted by Crippen LogP contribution is -2.20. The fourth-order valence-electron chi connectivity index (χ4n) is 3.56. The molecule has 108 valence electrons. The first kappa shape index (κ1) is 12.6. The van der Waals surface area contributed by atoms with Crippen LogP contribution in [0.15, 0.2) is 30.3 Å². The van der Waals surface area contributed by atoms with Crippen LogP contribution in [0.1, 0.15) is 35.6 Å². The molecule has 1 aliphatic carbocycles. The van der Waals surface area contributed by atoms with Crippen molar-refractivity contribution in [2.24, 2.45) is 0 Å². The molecule has 1 saturated heterocycles. The molecule has 1 aromatic carbocycles. The first-order valence-corrected chi connectivity index (χ1v) is 7.76. The molecule has 2 N–H and O–H groups in total. The molecular formula is C17H20N4. The second-order valence-corrected chi connectivity index (χ2v) is 6.08. The van der Waals surface area contributed by atoms with E-state index in [9.17, 15) is 0 Å². The summed E-state index contributed by atoms with van der Waals surface area (Å²) in [4.78, 5) is 11.3. The van der Waals surface area contributed by atoms with Gasteiger partial charge in [-0.15, -0.1) is 0 Å². The van der Waals surface area contributed by atoms with Gasteiger partial charge in [0.05, 0.1) is 5.69 Å². The lowest BCUT2D eigenvalue weighted by Gasteiger charge is -2.18. The highest BCUT2D eigenvalue weighted by atomic mass is 15.2. The molecule has 1 aliphatic heterocycles. The van der Waals surface area contributed by atoms with E-state index in [4.69, 9.17) is 5.73 Å². The van der Waals surface area contributed by atoms with Crippen LogP contribution in [0, 0.1) is 0 Å². The summed E-state index contributed by atoms with van der Waals surface area (Å²) < 4.78 is 0. The molecule has 4 nitrogen and oxygen atoms in total. The second-order valence-electron chi connectivity index (χ2n) is 6.08. The number of aromatic nitrogens is 2. The van der Waals surface area contributed by atoms with Gasteiger partial charge in [-0.25, -0.2) is 4.98 Å². The molecule has 1 aromatic heterocycles. The SMILES string of the molecule is Nc1nc(C2Cc3ccccc3C2)cc(N2CCCC2)n1. The molecule has 2 heterocycles. The summed E-state index contributed by atoms with van der Waals surface area (Å²) in [6.07, 6.45) is 4.61. The fourth-order valence-corrected chi connectivity index (χ4v) is 3.56. The minimum atomic E-state index is 0.408. The molecule has 0 amide bonds. The normalized spacial score (nSPS) is 18.2. The molecule has 2 aliphatic rings. The van der Waals surface area contributed by atoms with E-state index in [2.05, 4.69) is 45.2 Å². The molecule has 0 bridgehead atoms. The van der Waals surface area contributed by atoms with Crippen LogP contribution in [0.4, 0.5) is 11.8 Å². The van der Waals surface area contributed by atoms with Crippen molar-refractivity contribution in [1.29, 1.82) is 0 Å². The van der Waals surface area contributed by atoms with E-state index >= 15 is 0 Å². The zero-order valence-electron chi connectivity index (χ0n) is 12.1. The van der Waals surface area contributed by atoms with E-state index in [0.717, 1.165) is 37.4 Å². The van der Waals surface area contributed by atoms with E-state index < -0.39 is 0 Å². The summed E-state index contributed by atoms with van der Waals surface area (Å²) in [6.45, 7) is 2.17. The fraction of sp³-hybridized carbons (Fsp3) is 0.412. The predicted molar refractivity (Wildman–Crippen MR) is 84.5 cm³/mol. The summed E-state index contributed by atoms with van der Waals surface area (Å²) in [5, 5.41) is 0. The molecular weight excluding hydrogens is 260 g/mol. The number of anilines is 2. The lowest BCUT2D eigenvalue weighted by molar-refractivity contribution is 0.710. The highest BCUT2D eigenvalue weighted by Gasteiger charge is 2.25. The van der Waals surface area contributed by atoms with Gasteiger partial charge in [0, 0.05) is 25.1 Å². The van der Waals surface area contributed by atoms with Crippen molar-refractivity contribution >= 4 is 11.8 Å². The van der Waals surface area contributed by atoms with E-state index in [0.29, 0.717) is 11.9 Å². The van der Waals surface area contributed by atoms with Crippen molar-refractivity contribution in [2.45, 2.75) is 31.6 Å². The van der Waals surface area contributed by atoms with Crippen LogP contribution < -0.4 is 10.6 Å². The number of hydrogen-bond acceptors (Lipinski definition) is 4. The van der Waals surface area contributed by atoms with Crippen LogP contribution in [0.25, 0.3) is 0 Å². The highest BCUT2D eigenvalue weighted by molar-refractivity contribution is 5.46. The van der Waals surface area contributed by atoms with Crippen molar-refractivity contribution < 1.29 is 0 Å². The number of fused-ring (bicyclic) bond motifs is 1. The van der Waals surface area contributed by atoms with Crippen LogP contribution in [-0.2, 0) is 12.8 Å². The molecule has 0 spiro atoms. The van der Waals surface area contributed by atoms with Crippen molar-refractivity contribution in [3.8, 4) is 0 Å². The molecule has 4 heteroatoms. The van der Waals surface area contributed by atoms with Crippen LogP contribution in [-0.4, -0.2) is 23.1 Å². The Kier molecular flexibility index (Phi) is 3.02. The molecule has 0 saturated carbocycles. The first-order chi connectivity index (χ1) is 10.3. The Morgan fingerprint density at radius 1 is 1.00 bits per heavy atom. The van der Waals surface area contributed by atoms with Crippen molar-refractivity contribution in [1.82, 2.24) is 9.97 Å². The van der Waals surface area contributed by atoms with Gasteiger partial charge in [-0.2, -0.15) is 4.98 Å². The molecule has 0 atom stereocenters. The minimum Gasteiger partial charge on any atom is -0.368 e. The Morgan fingerprint density at radius 2 is 1.67 bits per heavy atom. The summed E-state index contributed by atoms with van der Waals surface area (Å²) in [5.74, 6) is 1.85. The van der Waals surface area contributed by atoms with Crippen molar-refractivity contribution in [3.63, 3.8) is 0 Å². The quantitative estimate of drug-likeness (QED) is 0.918. The number of nitrogens with zero attached hydrogens (tertiary/aromatic N) is 3. The number of nitrogens with two attached hydrogens (primary N) is 1. The third-order valence-electron chi connectivity index (χ3n) is 4.65. The first-order valence-electron chi connectivity index (χ1n) is 7.76. The van der Waals surface area contributed by atoms with Crippen LogP contribution in [0.2, 0.25) is 0 Å². The van der Waals surface area contributed by atoms with Crippen molar-refractivity contribution in [2.75, 3.05) is 23.7 Å². The average molecular weight is 280 g/mol. The van der Waals surface area contributed by atoms with Gasteiger partial charge in [-0.05, 0) is 36.8 Å². The Bertz CT molecular complexity index is 637. The average Bonchev–Trinajstić information content (AvgIpc) is 3.16. The van der Waals surface area contributed by atoms with Crippen molar-refractivity contribution in [3.05, 3.63) is 47.2 Å². The topological polar surface area (TPSA) is 55.0 Å². The smallest absolute Gasteiger partial charge is 0.222 e. The minimum absolute atomic E-state index is 0.408. The number of benzene rings is 1. The van der Waals surface area contributed by atoms with Gasteiger partial charge in [-0.3, -0.25) is 0 Å². The van der Waals surface area contributed by atoms with Gasteiger partial charge in [-0.1, -0.05) is 24.3 Å². The standard InChI is InChI=1S/C17H20N4/c18-17-19-15(11-16(20-17)21-7-3-4-8-21)14-9-12-5-1-2-6-13(12)10-14/h1-2,5-6,11,14H,3-4,7-10H2,(H2,18,19,20). The molecule has 2 aromatic rings. The Hall–Kier alpha value is -2.10. The summed E-state index contributed by atoms with van der Waals surface area (Å²) >= 11 is 0. The number of nitrogen functional groups attached to an aromatic ring is 1. The van der Waals surface area contributed by atoms with Gasteiger partial charge < -0.3 is 10.6 Å². The molecule has 4 rings (SSSR count). The molecule has 21 heavy (non-hydrogen) atoms. The van der Waals surface area contributed by atoms with Gasteiger partial charge in [0.25, 0.3) is 0 Å². The zero-order valence-corrected chi connectivity index (χ0v) is 12.1. The molecule has 0 unspecified atom stereocenters. The van der Waals surface area contributed by atoms with E-state index in [-0.39, 0.29) is 0 Å². The predicted octanol–water partition coefficient (Wildman–Crippen LogP) is 2.54. The van der Waals surface area contributed by atoms with Gasteiger partial charge in [0.2, 0.25) is 5.95 Å². The van der Waals surface area contributed by atoms with Gasteiger partial charge in [0.1, 0.15) is 5.82 Å². The van der Waals surface area contributed by atoms with Gasteiger partial charge >= 0.3 is 0 Å². The highest BCUT2D eigenvalue weighted by Crippen LogP contribution is 2.34. The van der Waals surface area contributed by atoms with Gasteiger partial charge in [0.15, 0.2) is 0 Å². The van der Waals surface area contributed by atoms with Crippen LogP contribution in [0.3, 0.4) is 0 Å². The molecule has 0 radical (unpaired) electrons. The third-order valence-corrected chi connectivity index (χ3v) is 4.65. The third kappa shape index (κ3) is 2.35. The number of rotatable bonds is 2. The maximum absolute atomic E-state index is 5.95. The van der Waals surface area contributed by atoms with Crippen LogP contribution >= 0.6 is 0 Å².